The van der Waals surface area contributed by atoms with Gasteiger partial charge in [-0.3, -0.25) is 4.57 Å². The number of ether oxygens (including phenoxy) is 2. The van der Waals surface area contributed by atoms with E-state index in [1.54, 1.807) is 7.11 Å². The fraction of sp³-hybridized carbons (Fsp3) is 0.560. The highest BCUT2D eigenvalue weighted by molar-refractivity contribution is 5.88. The van der Waals surface area contributed by atoms with Gasteiger partial charge in [0.05, 0.1) is 13.4 Å². The molecule has 2 aromatic heterocycles. The summed E-state index contributed by atoms with van der Waals surface area (Å²) in [5.41, 5.74) is 4.03. The summed E-state index contributed by atoms with van der Waals surface area (Å²) in [5, 5.41) is 3.56. The average Bonchev–Trinajstić information content (AvgIpc) is 3.52. The molecule has 0 radical (unpaired) electrons. The lowest BCUT2D eigenvalue weighted by Crippen LogP contribution is -2.42. The number of hydrogen-bond acceptors (Lipinski definition) is 7. The number of methoxy groups -OCH3 is 1. The first-order valence-electron chi connectivity index (χ1n) is 12.2. The van der Waals surface area contributed by atoms with Gasteiger partial charge in [0.15, 0.2) is 5.65 Å². The van der Waals surface area contributed by atoms with Crippen molar-refractivity contribution in [3.05, 3.63) is 30.6 Å². The van der Waals surface area contributed by atoms with Crippen molar-refractivity contribution in [1.82, 2.24) is 24.8 Å². The maximum Gasteiger partial charge on any atom is 0.228 e. The van der Waals surface area contributed by atoms with E-state index in [1.807, 2.05) is 18.5 Å². The molecule has 3 aromatic rings. The highest BCUT2D eigenvalue weighted by atomic mass is 16.5. The maximum absolute atomic E-state index is 6.08. The predicted octanol–water partition coefficient (Wildman–Crippen LogP) is 3.78. The van der Waals surface area contributed by atoms with E-state index in [0.717, 1.165) is 86.2 Å². The Hall–Kier alpha value is -2.71. The number of hydrogen-bond donors (Lipinski definition) is 1. The standard InChI is InChI=1S/C25H32N6O2/c1-32-19-7-5-18(6-8-19)21-22-23(31(17-27-22)20-4-2-3-15-33-20)29-24(28-21)30-13-10-25(11-14-30)9-12-26-16-25/h5-8,17,20,26H,2-4,9-16H2,1H3. The Balaban J connectivity index is 1.40. The molecule has 3 fully saturated rings. The van der Waals surface area contributed by atoms with Crippen LogP contribution in [-0.2, 0) is 4.74 Å². The predicted molar refractivity (Wildman–Crippen MR) is 128 cm³/mol. The summed E-state index contributed by atoms with van der Waals surface area (Å²) in [6, 6.07) is 8.05. The highest BCUT2D eigenvalue weighted by Gasteiger charge is 2.38. The fourth-order valence-electron chi connectivity index (χ4n) is 5.55. The van der Waals surface area contributed by atoms with E-state index < -0.39 is 0 Å². The SMILES string of the molecule is COc1ccc(-c2nc(N3CCC4(CCNC4)CC3)nc3c2ncn3C2CCCCO2)cc1. The first-order valence-corrected chi connectivity index (χ1v) is 12.2. The van der Waals surface area contributed by atoms with Gasteiger partial charge in [0.1, 0.15) is 23.2 Å². The minimum atomic E-state index is -0.00981. The topological polar surface area (TPSA) is 77.3 Å². The van der Waals surface area contributed by atoms with Gasteiger partial charge >= 0.3 is 0 Å². The second-order valence-electron chi connectivity index (χ2n) is 9.66. The van der Waals surface area contributed by atoms with Crippen LogP contribution in [0.25, 0.3) is 22.4 Å². The first kappa shape index (κ1) is 20.9. The summed E-state index contributed by atoms with van der Waals surface area (Å²) in [6.07, 6.45) is 8.78. The van der Waals surface area contributed by atoms with Gasteiger partial charge < -0.3 is 19.7 Å². The number of imidazole rings is 1. The van der Waals surface area contributed by atoms with Crippen LogP contribution in [0.3, 0.4) is 0 Å². The molecule has 3 saturated heterocycles. The number of anilines is 1. The largest absolute Gasteiger partial charge is 0.497 e. The number of aromatic nitrogens is 4. The Bertz CT molecular complexity index is 1110. The summed E-state index contributed by atoms with van der Waals surface area (Å²) in [6.45, 7) is 5.05. The fourth-order valence-corrected chi connectivity index (χ4v) is 5.55. The molecule has 1 atom stereocenters. The van der Waals surface area contributed by atoms with Crippen LogP contribution in [0.2, 0.25) is 0 Å². The molecule has 1 aromatic carbocycles. The van der Waals surface area contributed by atoms with Crippen LogP contribution in [0.15, 0.2) is 30.6 Å². The molecule has 3 aliphatic heterocycles. The Morgan fingerprint density at radius 2 is 1.94 bits per heavy atom. The van der Waals surface area contributed by atoms with E-state index in [1.165, 1.54) is 19.3 Å². The van der Waals surface area contributed by atoms with Crippen molar-refractivity contribution in [3.8, 4) is 17.0 Å². The van der Waals surface area contributed by atoms with Crippen LogP contribution < -0.4 is 15.0 Å². The zero-order valence-electron chi connectivity index (χ0n) is 19.3. The molecule has 1 spiro atoms. The highest BCUT2D eigenvalue weighted by Crippen LogP contribution is 2.39. The molecule has 8 heteroatoms. The molecule has 0 amide bonds. The zero-order chi connectivity index (χ0) is 22.3. The number of rotatable bonds is 4. The third-order valence-electron chi connectivity index (χ3n) is 7.68. The smallest absolute Gasteiger partial charge is 0.228 e. The van der Waals surface area contributed by atoms with Crippen molar-refractivity contribution < 1.29 is 9.47 Å². The van der Waals surface area contributed by atoms with Gasteiger partial charge in [-0.25, -0.2) is 9.97 Å². The molecule has 33 heavy (non-hydrogen) atoms. The van der Waals surface area contributed by atoms with E-state index >= 15 is 0 Å². The van der Waals surface area contributed by atoms with Gasteiger partial charge in [0.25, 0.3) is 0 Å². The molecule has 0 bridgehead atoms. The summed E-state index contributed by atoms with van der Waals surface area (Å²) in [5.74, 6) is 1.63. The molecule has 0 aliphatic carbocycles. The van der Waals surface area contributed by atoms with E-state index in [4.69, 9.17) is 24.4 Å². The lowest BCUT2D eigenvalue weighted by atomic mass is 9.78. The molecule has 6 rings (SSSR count). The normalized spacial score (nSPS) is 22.8. The Morgan fingerprint density at radius 3 is 2.64 bits per heavy atom. The summed E-state index contributed by atoms with van der Waals surface area (Å²) >= 11 is 0. The van der Waals surface area contributed by atoms with Gasteiger partial charge in [-0.1, -0.05) is 0 Å². The number of nitrogens with zero attached hydrogens (tertiary/aromatic N) is 5. The molecule has 174 valence electrons. The number of benzene rings is 1. The lowest BCUT2D eigenvalue weighted by molar-refractivity contribution is -0.0298. The van der Waals surface area contributed by atoms with Crippen molar-refractivity contribution >= 4 is 17.1 Å². The van der Waals surface area contributed by atoms with Crippen molar-refractivity contribution in [2.75, 3.05) is 44.8 Å². The van der Waals surface area contributed by atoms with Crippen LogP contribution in [-0.4, -0.2) is 59.4 Å². The van der Waals surface area contributed by atoms with E-state index in [-0.39, 0.29) is 6.23 Å². The molecular formula is C25H32N6O2. The maximum atomic E-state index is 6.08. The number of piperidine rings is 1. The molecule has 8 nitrogen and oxygen atoms in total. The van der Waals surface area contributed by atoms with Crippen LogP contribution >= 0.6 is 0 Å². The van der Waals surface area contributed by atoms with Crippen LogP contribution in [0, 0.1) is 5.41 Å². The average molecular weight is 449 g/mol. The Morgan fingerprint density at radius 1 is 1.09 bits per heavy atom. The van der Waals surface area contributed by atoms with Gasteiger partial charge in [0, 0.05) is 31.8 Å². The van der Waals surface area contributed by atoms with E-state index in [2.05, 4.69) is 26.9 Å². The van der Waals surface area contributed by atoms with Crippen molar-refractivity contribution in [2.24, 2.45) is 5.41 Å². The first-order chi connectivity index (χ1) is 16.2. The molecule has 3 aliphatic rings. The second-order valence-corrected chi connectivity index (χ2v) is 9.66. The molecule has 5 heterocycles. The van der Waals surface area contributed by atoms with Gasteiger partial charge in [0.2, 0.25) is 5.95 Å². The van der Waals surface area contributed by atoms with Crippen molar-refractivity contribution in [2.45, 2.75) is 44.8 Å². The minimum absolute atomic E-state index is 0.00981. The van der Waals surface area contributed by atoms with E-state index in [0.29, 0.717) is 5.41 Å². The summed E-state index contributed by atoms with van der Waals surface area (Å²) in [7, 11) is 1.69. The quantitative estimate of drug-likeness (QED) is 0.651. The molecule has 1 N–H and O–H groups in total. The lowest BCUT2D eigenvalue weighted by Gasteiger charge is -2.39. The van der Waals surface area contributed by atoms with Crippen molar-refractivity contribution in [1.29, 1.82) is 0 Å². The zero-order valence-corrected chi connectivity index (χ0v) is 19.3. The third kappa shape index (κ3) is 3.85. The Labute approximate surface area is 194 Å². The van der Waals surface area contributed by atoms with Crippen LogP contribution in [0.1, 0.15) is 44.8 Å². The molecule has 1 unspecified atom stereocenters. The number of fused-ring (bicyclic) bond motifs is 1. The monoisotopic (exact) mass is 448 g/mol. The molecular weight excluding hydrogens is 416 g/mol. The van der Waals surface area contributed by atoms with Crippen LogP contribution in [0.5, 0.6) is 5.75 Å². The third-order valence-corrected chi connectivity index (χ3v) is 7.68. The summed E-state index contributed by atoms with van der Waals surface area (Å²) < 4.78 is 13.5. The Kier molecular flexibility index (Phi) is 5.42. The van der Waals surface area contributed by atoms with Gasteiger partial charge in [-0.2, -0.15) is 4.98 Å². The number of nitrogens with one attached hydrogen (secondary N) is 1. The second kappa shape index (κ2) is 8.57. The van der Waals surface area contributed by atoms with Crippen molar-refractivity contribution in [3.63, 3.8) is 0 Å². The van der Waals surface area contributed by atoms with Gasteiger partial charge in [-0.15, -0.1) is 0 Å². The van der Waals surface area contributed by atoms with Gasteiger partial charge in [-0.05, 0) is 74.8 Å². The van der Waals surface area contributed by atoms with E-state index in [9.17, 15) is 0 Å². The van der Waals surface area contributed by atoms with Crippen LogP contribution in [0.4, 0.5) is 5.95 Å². The summed E-state index contributed by atoms with van der Waals surface area (Å²) in [4.78, 5) is 17.2. The molecule has 0 saturated carbocycles. The minimum Gasteiger partial charge on any atom is -0.497 e.